The van der Waals surface area contributed by atoms with Crippen LogP contribution in [0.25, 0.3) is 0 Å². The maximum Gasteiger partial charge on any atom is 0.264 e. The highest BCUT2D eigenvalue weighted by Crippen LogP contribution is 2.26. The van der Waals surface area contributed by atoms with Gasteiger partial charge in [-0.15, -0.1) is 0 Å². The highest BCUT2D eigenvalue weighted by Gasteiger charge is 2.27. The van der Waals surface area contributed by atoms with Gasteiger partial charge in [-0.3, -0.25) is 9.10 Å². The standard InChI is InChI=1S/C25H28N2O4S/c1-3-31-23-13-11-22(12-14-23)27(32(29,30)24-15-9-20(2)10-16-24)19-25(28)26-18-17-21-7-5-4-6-8-21/h4-16H,3,17-19H2,1-2H3,(H,26,28). The van der Waals surface area contributed by atoms with Crippen molar-refractivity contribution in [2.24, 2.45) is 0 Å². The first kappa shape index (κ1) is 23.3. The Balaban J connectivity index is 1.79. The average molecular weight is 453 g/mol. The lowest BCUT2D eigenvalue weighted by molar-refractivity contribution is -0.119. The molecule has 0 radical (unpaired) electrons. The molecule has 6 nitrogen and oxygen atoms in total. The molecular weight excluding hydrogens is 424 g/mol. The number of rotatable bonds is 10. The van der Waals surface area contributed by atoms with E-state index in [2.05, 4.69) is 5.32 Å². The zero-order valence-corrected chi connectivity index (χ0v) is 19.1. The van der Waals surface area contributed by atoms with E-state index in [0.717, 1.165) is 15.4 Å². The first-order valence-electron chi connectivity index (χ1n) is 10.5. The summed E-state index contributed by atoms with van der Waals surface area (Å²) in [6, 6.07) is 23.1. The van der Waals surface area contributed by atoms with E-state index in [1.165, 1.54) is 0 Å². The molecule has 0 saturated heterocycles. The molecular formula is C25H28N2O4S. The summed E-state index contributed by atoms with van der Waals surface area (Å²) in [6.07, 6.45) is 0.667. The van der Waals surface area contributed by atoms with Gasteiger partial charge in [0.2, 0.25) is 5.91 Å². The van der Waals surface area contributed by atoms with Crippen LogP contribution in [0.4, 0.5) is 5.69 Å². The van der Waals surface area contributed by atoms with Crippen LogP contribution >= 0.6 is 0 Å². The molecule has 0 aliphatic rings. The first-order valence-corrected chi connectivity index (χ1v) is 12.0. The molecule has 32 heavy (non-hydrogen) atoms. The summed E-state index contributed by atoms with van der Waals surface area (Å²) in [7, 11) is -3.94. The van der Waals surface area contributed by atoms with E-state index in [0.29, 0.717) is 31.0 Å². The summed E-state index contributed by atoms with van der Waals surface area (Å²) in [5.41, 5.74) is 2.45. The molecule has 0 saturated carbocycles. The van der Waals surface area contributed by atoms with Gasteiger partial charge >= 0.3 is 0 Å². The normalized spacial score (nSPS) is 11.1. The van der Waals surface area contributed by atoms with Crippen LogP contribution in [0.2, 0.25) is 0 Å². The number of carbonyl (C=O) groups excluding carboxylic acids is 1. The zero-order chi connectivity index (χ0) is 23.0. The van der Waals surface area contributed by atoms with Crippen molar-refractivity contribution >= 4 is 21.6 Å². The third-order valence-corrected chi connectivity index (χ3v) is 6.70. The lowest BCUT2D eigenvalue weighted by Gasteiger charge is -2.24. The van der Waals surface area contributed by atoms with Crippen LogP contribution in [0.5, 0.6) is 5.75 Å². The number of hydrogen-bond acceptors (Lipinski definition) is 4. The highest BCUT2D eigenvalue weighted by molar-refractivity contribution is 7.92. The number of sulfonamides is 1. The van der Waals surface area contributed by atoms with Gasteiger partial charge in [0, 0.05) is 6.54 Å². The molecule has 3 aromatic rings. The van der Waals surface area contributed by atoms with Gasteiger partial charge in [0.25, 0.3) is 10.0 Å². The summed E-state index contributed by atoms with van der Waals surface area (Å²) >= 11 is 0. The van der Waals surface area contributed by atoms with E-state index in [1.54, 1.807) is 48.5 Å². The Morgan fingerprint density at radius 2 is 1.59 bits per heavy atom. The van der Waals surface area contributed by atoms with Gasteiger partial charge in [-0.25, -0.2) is 8.42 Å². The lowest BCUT2D eigenvalue weighted by atomic mass is 10.1. The molecule has 7 heteroatoms. The predicted molar refractivity (Wildman–Crippen MR) is 126 cm³/mol. The van der Waals surface area contributed by atoms with Gasteiger partial charge in [0.15, 0.2) is 0 Å². The third kappa shape index (κ3) is 6.11. The van der Waals surface area contributed by atoms with Crippen molar-refractivity contribution in [3.05, 3.63) is 90.0 Å². The monoisotopic (exact) mass is 452 g/mol. The minimum Gasteiger partial charge on any atom is -0.494 e. The lowest BCUT2D eigenvalue weighted by Crippen LogP contribution is -2.41. The predicted octanol–water partition coefficient (Wildman–Crippen LogP) is 3.95. The Morgan fingerprint density at radius 1 is 0.938 bits per heavy atom. The van der Waals surface area contributed by atoms with Gasteiger partial charge in [0.1, 0.15) is 12.3 Å². The number of nitrogens with one attached hydrogen (secondary N) is 1. The van der Waals surface area contributed by atoms with Gasteiger partial charge in [-0.05, 0) is 62.2 Å². The molecule has 1 N–H and O–H groups in total. The van der Waals surface area contributed by atoms with Crippen molar-refractivity contribution < 1.29 is 17.9 Å². The van der Waals surface area contributed by atoms with Gasteiger partial charge in [0.05, 0.1) is 17.2 Å². The van der Waals surface area contributed by atoms with Crippen molar-refractivity contribution in [3.8, 4) is 5.75 Å². The molecule has 0 unspecified atom stereocenters. The number of amides is 1. The smallest absolute Gasteiger partial charge is 0.264 e. The molecule has 0 aromatic heterocycles. The number of carbonyl (C=O) groups is 1. The van der Waals surface area contributed by atoms with Crippen molar-refractivity contribution in [3.63, 3.8) is 0 Å². The Bertz CT molecular complexity index is 1110. The molecule has 0 spiro atoms. The van der Waals surface area contributed by atoms with Crippen LogP contribution in [-0.4, -0.2) is 34.0 Å². The fourth-order valence-electron chi connectivity index (χ4n) is 3.21. The van der Waals surface area contributed by atoms with E-state index in [9.17, 15) is 13.2 Å². The summed E-state index contributed by atoms with van der Waals surface area (Å²) in [4.78, 5) is 12.8. The van der Waals surface area contributed by atoms with Crippen LogP contribution in [0.3, 0.4) is 0 Å². The topological polar surface area (TPSA) is 75.7 Å². The summed E-state index contributed by atoms with van der Waals surface area (Å²) in [5.74, 6) is 0.266. The second-order valence-electron chi connectivity index (χ2n) is 7.34. The Hall–Kier alpha value is -3.32. The second kappa shape index (κ2) is 10.8. The summed E-state index contributed by atoms with van der Waals surface area (Å²) in [5, 5.41) is 2.83. The molecule has 3 rings (SSSR count). The maximum absolute atomic E-state index is 13.4. The molecule has 0 fully saturated rings. The number of anilines is 1. The maximum atomic E-state index is 13.4. The van der Waals surface area contributed by atoms with E-state index in [1.807, 2.05) is 44.2 Å². The number of benzene rings is 3. The molecule has 0 aliphatic heterocycles. The molecule has 0 bridgehead atoms. The van der Waals surface area contributed by atoms with Crippen molar-refractivity contribution in [2.45, 2.75) is 25.2 Å². The van der Waals surface area contributed by atoms with Gasteiger partial charge in [-0.2, -0.15) is 0 Å². The number of ether oxygens (including phenoxy) is 1. The average Bonchev–Trinajstić information content (AvgIpc) is 2.79. The van der Waals surface area contributed by atoms with Crippen molar-refractivity contribution in [1.82, 2.24) is 5.32 Å². The quantitative estimate of drug-likeness (QED) is 0.505. The molecule has 0 heterocycles. The minimum absolute atomic E-state index is 0.133. The Kier molecular flexibility index (Phi) is 7.89. The Morgan fingerprint density at radius 3 is 2.22 bits per heavy atom. The van der Waals surface area contributed by atoms with Crippen molar-refractivity contribution in [1.29, 1.82) is 0 Å². The van der Waals surface area contributed by atoms with E-state index in [4.69, 9.17) is 4.74 Å². The molecule has 3 aromatic carbocycles. The third-order valence-electron chi connectivity index (χ3n) is 4.91. The van der Waals surface area contributed by atoms with Crippen LogP contribution < -0.4 is 14.4 Å². The zero-order valence-electron chi connectivity index (χ0n) is 18.3. The van der Waals surface area contributed by atoms with Gasteiger partial charge < -0.3 is 10.1 Å². The molecule has 0 aliphatic carbocycles. The van der Waals surface area contributed by atoms with Crippen LogP contribution in [0, 0.1) is 6.92 Å². The fourth-order valence-corrected chi connectivity index (χ4v) is 4.63. The van der Waals surface area contributed by atoms with Gasteiger partial charge in [-0.1, -0.05) is 48.0 Å². The van der Waals surface area contributed by atoms with E-state index in [-0.39, 0.29) is 17.3 Å². The molecule has 1 amide bonds. The SMILES string of the molecule is CCOc1ccc(N(CC(=O)NCCc2ccccc2)S(=O)(=O)c2ccc(C)cc2)cc1. The van der Waals surface area contributed by atoms with Crippen molar-refractivity contribution in [2.75, 3.05) is 24.0 Å². The van der Waals surface area contributed by atoms with Crippen LogP contribution in [-0.2, 0) is 21.2 Å². The number of nitrogens with zero attached hydrogens (tertiary/aromatic N) is 1. The van der Waals surface area contributed by atoms with E-state index < -0.39 is 10.0 Å². The first-order chi connectivity index (χ1) is 15.4. The Labute approximate surface area is 189 Å². The number of aryl methyl sites for hydroxylation is 1. The fraction of sp³-hybridized carbons (Fsp3) is 0.240. The molecule has 168 valence electrons. The summed E-state index contributed by atoms with van der Waals surface area (Å²) in [6.45, 7) is 4.38. The van der Waals surface area contributed by atoms with E-state index >= 15 is 0 Å². The minimum atomic E-state index is -3.94. The van der Waals surface area contributed by atoms with Crippen LogP contribution in [0.15, 0.2) is 83.8 Å². The highest BCUT2D eigenvalue weighted by atomic mass is 32.2. The second-order valence-corrected chi connectivity index (χ2v) is 9.20. The number of hydrogen-bond donors (Lipinski definition) is 1. The largest absolute Gasteiger partial charge is 0.494 e. The van der Waals surface area contributed by atoms with Crippen LogP contribution in [0.1, 0.15) is 18.1 Å². The summed E-state index contributed by atoms with van der Waals surface area (Å²) < 4.78 is 33.4. The molecule has 0 atom stereocenters.